The minimum atomic E-state index is -0.339. The predicted octanol–water partition coefficient (Wildman–Crippen LogP) is 2.63. The van der Waals surface area contributed by atoms with E-state index in [1.807, 2.05) is 10.8 Å². The van der Waals surface area contributed by atoms with E-state index in [0.717, 1.165) is 13.0 Å². The smallest absolute Gasteiger partial charge is 0.307 e. The van der Waals surface area contributed by atoms with Gasteiger partial charge in [-0.2, -0.15) is 0 Å². The Kier molecular flexibility index (Phi) is 6.81. The number of aromatic nitrogens is 2. The third kappa shape index (κ3) is 5.38. The van der Waals surface area contributed by atoms with Gasteiger partial charge in [0, 0.05) is 42.6 Å². The summed E-state index contributed by atoms with van der Waals surface area (Å²) in [6.45, 7) is 1.58. The van der Waals surface area contributed by atoms with Crippen molar-refractivity contribution in [2.45, 2.75) is 19.4 Å². The highest BCUT2D eigenvalue weighted by Crippen LogP contribution is 2.13. The zero-order chi connectivity index (χ0) is 17.4. The maximum absolute atomic E-state index is 12.7. The molecular formula is C17H20ClN3O3. The van der Waals surface area contributed by atoms with E-state index in [0.29, 0.717) is 23.7 Å². The number of ether oxygens (including phenoxy) is 1. The molecule has 0 aliphatic rings. The van der Waals surface area contributed by atoms with Gasteiger partial charge >= 0.3 is 5.97 Å². The highest BCUT2D eigenvalue weighted by Gasteiger charge is 2.17. The molecule has 0 unspecified atom stereocenters. The van der Waals surface area contributed by atoms with Crippen molar-refractivity contribution in [3.8, 4) is 0 Å². The van der Waals surface area contributed by atoms with Gasteiger partial charge in [0.15, 0.2) is 0 Å². The van der Waals surface area contributed by atoms with E-state index in [2.05, 4.69) is 9.72 Å². The monoisotopic (exact) mass is 349 g/mol. The van der Waals surface area contributed by atoms with Crippen molar-refractivity contribution in [3.05, 3.63) is 53.6 Å². The Morgan fingerprint density at radius 3 is 2.83 bits per heavy atom. The van der Waals surface area contributed by atoms with Crippen LogP contribution in [0.4, 0.5) is 0 Å². The van der Waals surface area contributed by atoms with Crippen LogP contribution in [0.1, 0.15) is 23.2 Å². The number of halogens is 1. The lowest BCUT2D eigenvalue weighted by Gasteiger charge is -2.22. The summed E-state index contributed by atoms with van der Waals surface area (Å²) in [5.74, 6) is -0.486. The van der Waals surface area contributed by atoms with Gasteiger partial charge in [-0.3, -0.25) is 9.59 Å². The molecule has 0 aliphatic heterocycles. The second-order valence-corrected chi connectivity index (χ2v) is 5.72. The third-order valence-electron chi connectivity index (χ3n) is 3.58. The van der Waals surface area contributed by atoms with Gasteiger partial charge in [0.1, 0.15) is 0 Å². The van der Waals surface area contributed by atoms with Crippen LogP contribution in [0, 0.1) is 0 Å². The number of rotatable bonds is 8. The summed E-state index contributed by atoms with van der Waals surface area (Å²) < 4.78 is 6.60. The number of amides is 1. The second kappa shape index (κ2) is 9.08. The Balaban J connectivity index is 2.00. The lowest BCUT2D eigenvalue weighted by atomic mass is 10.2. The maximum Gasteiger partial charge on any atom is 0.307 e. The fourth-order valence-corrected chi connectivity index (χ4v) is 2.50. The zero-order valence-corrected chi connectivity index (χ0v) is 14.3. The summed E-state index contributed by atoms with van der Waals surface area (Å²) in [4.78, 5) is 29.7. The minimum absolute atomic E-state index is 0.146. The van der Waals surface area contributed by atoms with E-state index in [1.54, 1.807) is 41.7 Å². The fraction of sp³-hybridized carbons (Fsp3) is 0.353. The molecule has 0 bridgehead atoms. The molecule has 0 radical (unpaired) electrons. The molecule has 0 fully saturated rings. The van der Waals surface area contributed by atoms with Crippen LogP contribution in [0.25, 0.3) is 0 Å². The Hall–Kier alpha value is -2.34. The van der Waals surface area contributed by atoms with Crippen molar-refractivity contribution >= 4 is 23.5 Å². The molecule has 24 heavy (non-hydrogen) atoms. The number of aryl methyl sites for hydroxylation is 1. The Morgan fingerprint density at radius 2 is 2.17 bits per heavy atom. The molecule has 1 amide bonds. The van der Waals surface area contributed by atoms with Gasteiger partial charge < -0.3 is 14.2 Å². The summed E-state index contributed by atoms with van der Waals surface area (Å²) in [5, 5.41) is 0.507. The Morgan fingerprint density at radius 1 is 1.33 bits per heavy atom. The first-order valence-corrected chi connectivity index (χ1v) is 8.05. The van der Waals surface area contributed by atoms with Crippen LogP contribution in [0.3, 0.4) is 0 Å². The summed E-state index contributed by atoms with van der Waals surface area (Å²) in [7, 11) is 1.34. The van der Waals surface area contributed by atoms with Gasteiger partial charge in [0.2, 0.25) is 0 Å². The van der Waals surface area contributed by atoms with E-state index >= 15 is 0 Å². The normalized spacial score (nSPS) is 10.4. The van der Waals surface area contributed by atoms with Crippen molar-refractivity contribution in [2.24, 2.45) is 0 Å². The molecule has 2 aromatic rings. The lowest BCUT2D eigenvalue weighted by Crippen LogP contribution is -2.34. The summed E-state index contributed by atoms with van der Waals surface area (Å²) in [5.41, 5.74) is 0.509. The zero-order valence-electron chi connectivity index (χ0n) is 13.5. The first-order valence-electron chi connectivity index (χ1n) is 7.67. The molecule has 128 valence electrons. The van der Waals surface area contributed by atoms with E-state index in [-0.39, 0.29) is 18.3 Å². The maximum atomic E-state index is 12.7. The largest absolute Gasteiger partial charge is 0.469 e. The van der Waals surface area contributed by atoms with Crippen molar-refractivity contribution < 1.29 is 14.3 Å². The number of esters is 1. The molecule has 2 rings (SSSR count). The average molecular weight is 350 g/mol. The van der Waals surface area contributed by atoms with Crippen LogP contribution in [0.2, 0.25) is 5.02 Å². The number of benzene rings is 1. The molecule has 0 spiro atoms. The molecule has 1 heterocycles. The van der Waals surface area contributed by atoms with Gasteiger partial charge in [-0.15, -0.1) is 0 Å². The molecule has 0 atom stereocenters. The van der Waals surface area contributed by atoms with Gasteiger partial charge in [-0.25, -0.2) is 4.98 Å². The molecule has 0 saturated heterocycles. The molecule has 0 saturated carbocycles. The molecule has 6 nitrogen and oxygen atoms in total. The first-order chi connectivity index (χ1) is 11.6. The lowest BCUT2D eigenvalue weighted by molar-refractivity contribution is -0.140. The number of methoxy groups -OCH3 is 1. The van der Waals surface area contributed by atoms with Crippen LogP contribution >= 0.6 is 11.6 Å². The molecule has 0 aliphatic carbocycles. The molecule has 1 aromatic carbocycles. The van der Waals surface area contributed by atoms with Gasteiger partial charge in [0.25, 0.3) is 5.91 Å². The van der Waals surface area contributed by atoms with Gasteiger partial charge in [-0.1, -0.05) is 17.7 Å². The number of hydrogen-bond donors (Lipinski definition) is 0. The van der Waals surface area contributed by atoms with E-state index in [9.17, 15) is 9.59 Å². The molecule has 1 aromatic heterocycles. The predicted molar refractivity (Wildman–Crippen MR) is 90.8 cm³/mol. The highest BCUT2D eigenvalue weighted by atomic mass is 35.5. The SMILES string of the molecule is COC(=O)CCN(CCCn1ccnc1)C(=O)c1cccc(Cl)c1. The van der Waals surface area contributed by atoms with Crippen molar-refractivity contribution in [1.29, 1.82) is 0 Å². The van der Waals surface area contributed by atoms with Crippen LogP contribution in [-0.2, 0) is 16.1 Å². The molecular weight excluding hydrogens is 330 g/mol. The van der Waals surface area contributed by atoms with Crippen LogP contribution in [0.15, 0.2) is 43.0 Å². The van der Waals surface area contributed by atoms with Crippen LogP contribution < -0.4 is 0 Å². The summed E-state index contributed by atoms with van der Waals surface area (Å²) in [6.07, 6.45) is 6.24. The standard InChI is InChI=1S/C17H20ClN3O3/c1-24-16(22)6-10-21(9-3-8-20-11-7-19-13-20)17(23)14-4-2-5-15(18)12-14/h2,4-5,7,11-13H,3,6,8-10H2,1H3. The number of imidazole rings is 1. The van der Waals surface area contributed by atoms with Crippen molar-refractivity contribution in [2.75, 3.05) is 20.2 Å². The van der Waals surface area contributed by atoms with Crippen molar-refractivity contribution in [3.63, 3.8) is 0 Å². The number of hydrogen-bond acceptors (Lipinski definition) is 4. The van der Waals surface area contributed by atoms with Crippen LogP contribution in [0.5, 0.6) is 0 Å². The van der Waals surface area contributed by atoms with Crippen LogP contribution in [-0.4, -0.2) is 46.5 Å². The average Bonchev–Trinajstić information content (AvgIpc) is 3.10. The topological polar surface area (TPSA) is 64.4 Å². The molecule has 7 heteroatoms. The van der Waals surface area contributed by atoms with E-state index in [1.165, 1.54) is 7.11 Å². The minimum Gasteiger partial charge on any atom is -0.469 e. The van der Waals surface area contributed by atoms with Gasteiger partial charge in [0.05, 0.1) is 19.9 Å². The van der Waals surface area contributed by atoms with Gasteiger partial charge in [-0.05, 0) is 24.6 Å². The summed E-state index contributed by atoms with van der Waals surface area (Å²) >= 11 is 5.96. The molecule has 0 N–H and O–H groups in total. The number of nitrogens with zero attached hydrogens (tertiary/aromatic N) is 3. The van der Waals surface area contributed by atoms with E-state index < -0.39 is 0 Å². The fourth-order valence-electron chi connectivity index (χ4n) is 2.31. The quantitative estimate of drug-likeness (QED) is 0.687. The second-order valence-electron chi connectivity index (χ2n) is 5.28. The Labute approximate surface area is 146 Å². The first kappa shape index (κ1) is 18.0. The van der Waals surface area contributed by atoms with E-state index in [4.69, 9.17) is 11.6 Å². The number of carbonyl (C=O) groups excluding carboxylic acids is 2. The highest BCUT2D eigenvalue weighted by molar-refractivity contribution is 6.30. The summed E-state index contributed by atoms with van der Waals surface area (Å²) in [6, 6.07) is 6.80. The van der Waals surface area contributed by atoms with Crippen molar-refractivity contribution in [1.82, 2.24) is 14.5 Å². The number of carbonyl (C=O) groups is 2. The Bertz CT molecular complexity index is 673. The third-order valence-corrected chi connectivity index (χ3v) is 3.81.